The summed E-state index contributed by atoms with van der Waals surface area (Å²) in [6.07, 6.45) is -0.674. The third-order valence-corrected chi connectivity index (χ3v) is 4.07. The van der Waals surface area contributed by atoms with Crippen molar-refractivity contribution in [3.05, 3.63) is 59.4 Å². The standard InChI is InChI=1S/C15H15FOS/c1-10-6-3-4-9-14(10)18-15-12(11(2)17)7-5-8-13(15)16/h3-9,11,17H,1-2H3/t11-/m1/s1. The van der Waals surface area contributed by atoms with E-state index in [2.05, 4.69) is 0 Å². The minimum absolute atomic E-state index is 0.290. The molecule has 3 heteroatoms. The Morgan fingerprint density at radius 1 is 1.11 bits per heavy atom. The normalized spacial score (nSPS) is 12.4. The molecule has 0 aliphatic heterocycles. The third kappa shape index (κ3) is 2.74. The molecule has 1 N–H and O–H groups in total. The minimum atomic E-state index is -0.674. The van der Waals surface area contributed by atoms with Crippen molar-refractivity contribution in [2.45, 2.75) is 29.7 Å². The zero-order valence-electron chi connectivity index (χ0n) is 10.4. The van der Waals surface area contributed by atoms with Crippen molar-refractivity contribution in [1.29, 1.82) is 0 Å². The molecule has 0 fully saturated rings. The zero-order chi connectivity index (χ0) is 13.1. The van der Waals surface area contributed by atoms with Crippen LogP contribution in [-0.4, -0.2) is 5.11 Å². The quantitative estimate of drug-likeness (QED) is 0.888. The van der Waals surface area contributed by atoms with Crippen molar-refractivity contribution in [1.82, 2.24) is 0 Å². The highest BCUT2D eigenvalue weighted by Crippen LogP contribution is 2.36. The fourth-order valence-corrected chi connectivity index (χ4v) is 2.86. The number of aliphatic hydroxyl groups is 1. The molecule has 18 heavy (non-hydrogen) atoms. The van der Waals surface area contributed by atoms with Crippen molar-refractivity contribution < 1.29 is 9.50 Å². The minimum Gasteiger partial charge on any atom is -0.389 e. The zero-order valence-corrected chi connectivity index (χ0v) is 11.2. The van der Waals surface area contributed by atoms with Crippen molar-refractivity contribution in [2.24, 2.45) is 0 Å². The molecule has 0 spiro atoms. The monoisotopic (exact) mass is 262 g/mol. The Bertz CT molecular complexity index is 552. The van der Waals surface area contributed by atoms with Gasteiger partial charge in [-0.05, 0) is 37.1 Å². The van der Waals surface area contributed by atoms with Crippen molar-refractivity contribution in [2.75, 3.05) is 0 Å². The van der Waals surface area contributed by atoms with Gasteiger partial charge in [0, 0.05) is 4.90 Å². The Hall–Kier alpha value is -1.32. The molecule has 0 aromatic heterocycles. The summed E-state index contributed by atoms with van der Waals surface area (Å²) >= 11 is 1.36. The molecule has 2 aromatic rings. The summed E-state index contributed by atoms with van der Waals surface area (Å²) in [5.74, 6) is -0.290. The van der Waals surface area contributed by atoms with Crippen LogP contribution in [-0.2, 0) is 0 Å². The molecule has 2 rings (SSSR count). The van der Waals surface area contributed by atoms with Crippen molar-refractivity contribution in [3.8, 4) is 0 Å². The van der Waals surface area contributed by atoms with Gasteiger partial charge in [0.1, 0.15) is 5.82 Å². The SMILES string of the molecule is Cc1ccccc1Sc1c(F)cccc1[C@@H](C)O. The average molecular weight is 262 g/mol. The number of aliphatic hydroxyl groups excluding tert-OH is 1. The highest BCUT2D eigenvalue weighted by atomic mass is 32.2. The van der Waals surface area contributed by atoms with Crippen LogP contribution in [0.25, 0.3) is 0 Å². The second-order valence-corrected chi connectivity index (χ2v) is 5.25. The fourth-order valence-electron chi connectivity index (χ4n) is 1.74. The van der Waals surface area contributed by atoms with Gasteiger partial charge in [-0.25, -0.2) is 4.39 Å². The maximum absolute atomic E-state index is 13.9. The van der Waals surface area contributed by atoms with E-state index in [9.17, 15) is 9.50 Å². The summed E-state index contributed by atoms with van der Waals surface area (Å²) in [6, 6.07) is 12.6. The lowest BCUT2D eigenvalue weighted by atomic mass is 10.1. The summed E-state index contributed by atoms with van der Waals surface area (Å²) in [6.45, 7) is 3.64. The van der Waals surface area contributed by atoms with Crippen molar-refractivity contribution in [3.63, 3.8) is 0 Å². The second-order valence-electron chi connectivity index (χ2n) is 4.20. The largest absolute Gasteiger partial charge is 0.389 e. The number of aryl methyl sites for hydroxylation is 1. The third-order valence-electron chi connectivity index (χ3n) is 2.75. The number of benzene rings is 2. The van der Waals surface area contributed by atoms with E-state index in [1.54, 1.807) is 19.1 Å². The molecular weight excluding hydrogens is 247 g/mol. The Balaban J connectivity index is 2.43. The van der Waals surface area contributed by atoms with E-state index in [1.807, 2.05) is 31.2 Å². The summed E-state index contributed by atoms with van der Waals surface area (Å²) in [5, 5.41) is 9.70. The smallest absolute Gasteiger partial charge is 0.137 e. The summed E-state index contributed by atoms with van der Waals surface area (Å²) in [7, 11) is 0. The van der Waals surface area contributed by atoms with E-state index < -0.39 is 6.10 Å². The molecule has 0 bridgehead atoms. The van der Waals surface area contributed by atoms with Gasteiger partial charge in [0.15, 0.2) is 0 Å². The van der Waals surface area contributed by atoms with Crippen LogP contribution in [0.1, 0.15) is 24.2 Å². The predicted molar refractivity (Wildman–Crippen MR) is 72.3 cm³/mol. The van der Waals surface area contributed by atoms with E-state index in [4.69, 9.17) is 0 Å². The number of halogens is 1. The van der Waals surface area contributed by atoms with Crippen LogP contribution < -0.4 is 0 Å². The molecular formula is C15H15FOS. The highest BCUT2D eigenvalue weighted by molar-refractivity contribution is 7.99. The predicted octanol–water partition coefficient (Wildman–Crippen LogP) is 4.34. The van der Waals surface area contributed by atoms with Gasteiger partial charge in [0.2, 0.25) is 0 Å². The second kappa shape index (κ2) is 5.55. The highest BCUT2D eigenvalue weighted by Gasteiger charge is 2.14. The first-order valence-corrected chi connectivity index (χ1v) is 6.61. The molecule has 2 aromatic carbocycles. The van der Waals surface area contributed by atoms with Crippen LogP contribution in [0.5, 0.6) is 0 Å². The van der Waals surface area contributed by atoms with E-state index in [-0.39, 0.29) is 5.82 Å². The van der Waals surface area contributed by atoms with Gasteiger partial charge in [-0.2, -0.15) is 0 Å². The molecule has 0 radical (unpaired) electrons. The van der Waals surface area contributed by atoms with Gasteiger partial charge < -0.3 is 5.11 Å². The van der Waals surface area contributed by atoms with E-state index in [0.29, 0.717) is 10.5 Å². The molecule has 0 heterocycles. The molecule has 1 nitrogen and oxygen atoms in total. The van der Waals surface area contributed by atoms with Crippen LogP contribution in [0.2, 0.25) is 0 Å². The lowest BCUT2D eigenvalue weighted by Crippen LogP contribution is -1.96. The molecule has 94 valence electrons. The van der Waals surface area contributed by atoms with Gasteiger partial charge in [-0.3, -0.25) is 0 Å². The Labute approximate surface area is 111 Å². The fraction of sp³-hybridized carbons (Fsp3) is 0.200. The maximum Gasteiger partial charge on any atom is 0.137 e. The van der Waals surface area contributed by atoms with Gasteiger partial charge in [0.25, 0.3) is 0 Å². The maximum atomic E-state index is 13.9. The van der Waals surface area contributed by atoms with Gasteiger partial charge >= 0.3 is 0 Å². The van der Waals surface area contributed by atoms with Crippen molar-refractivity contribution >= 4 is 11.8 Å². The van der Waals surface area contributed by atoms with Gasteiger partial charge in [0.05, 0.1) is 11.0 Å². The Kier molecular flexibility index (Phi) is 4.04. The lowest BCUT2D eigenvalue weighted by Gasteiger charge is -2.13. The Morgan fingerprint density at radius 3 is 2.50 bits per heavy atom. The van der Waals surface area contributed by atoms with E-state index in [0.717, 1.165) is 10.5 Å². The van der Waals surface area contributed by atoms with Crippen LogP contribution in [0.15, 0.2) is 52.3 Å². The first-order chi connectivity index (χ1) is 8.59. The first-order valence-electron chi connectivity index (χ1n) is 5.79. The molecule has 0 saturated carbocycles. The van der Waals surface area contributed by atoms with Crippen LogP contribution >= 0.6 is 11.8 Å². The summed E-state index contributed by atoms with van der Waals surface area (Å²) in [4.78, 5) is 1.51. The first kappa shape index (κ1) is 13.1. The lowest BCUT2D eigenvalue weighted by molar-refractivity contribution is 0.195. The van der Waals surface area contributed by atoms with Crippen LogP contribution in [0.4, 0.5) is 4.39 Å². The van der Waals surface area contributed by atoms with Gasteiger partial charge in [-0.1, -0.05) is 42.1 Å². The Morgan fingerprint density at radius 2 is 1.83 bits per heavy atom. The summed E-state index contributed by atoms with van der Waals surface area (Å²) in [5.41, 5.74) is 1.73. The molecule has 0 amide bonds. The number of rotatable bonds is 3. The van der Waals surface area contributed by atoms with Crippen LogP contribution in [0.3, 0.4) is 0 Å². The molecule has 0 aliphatic carbocycles. The number of hydrogen-bond acceptors (Lipinski definition) is 2. The van der Waals surface area contributed by atoms with E-state index >= 15 is 0 Å². The molecule has 0 unspecified atom stereocenters. The molecule has 0 aliphatic rings. The van der Waals surface area contributed by atoms with Crippen LogP contribution in [0, 0.1) is 12.7 Å². The molecule has 1 atom stereocenters. The topological polar surface area (TPSA) is 20.2 Å². The van der Waals surface area contributed by atoms with Gasteiger partial charge in [-0.15, -0.1) is 0 Å². The molecule has 0 saturated heterocycles. The summed E-state index contributed by atoms with van der Waals surface area (Å²) < 4.78 is 13.9. The average Bonchev–Trinajstić information content (AvgIpc) is 2.34. The number of hydrogen-bond donors (Lipinski definition) is 1. The van der Waals surface area contributed by atoms with E-state index in [1.165, 1.54) is 17.8 Å².